The van der Waals surface area contributed by atoms with Crippen molar-refractivity contribution in [2.75, 3.05) is 6.61 Å². The van der Waals surface area contributed by atoms with Crippen molar-refractivity contribution < 1.29 is 4.74 Å². The first-order valence-electron chi connectivity index (χ1n) is 6.71. The fourth-order valence-electron chi connectivity index (χ4n) is 1.96. The van der Waals surface area contributed by atoms with E-state index in [0.29, 0.717) is 23.9 Å². The largest absolute Gasteiger partial charge is 0.492 e. The highest BCUT2D eigenvalue weighted by atomic mass is 35.5. The van der Waals surface area contributed by atoms with Gasteiger partial charge in [0.15, 0.2) is 0 Å². The number of benzene rings is 2. The molecule has 0 aliphatic heterocycles. The molecular weight excluding hydrogens is 304 g/mol. The Hall–Kier alpha value is -2.60. The molecule has 7 heteroatoms. The van der Waals surface area contributed by atoms with Gasteiger partial charge in [0, 0.05) is 0 Å². The van der Waals surface area contributed by atoms with E-state index in [1.807, 2.05) is 30.3 Å². The summed E-state index contributed by atoms with van der Waals surface area (Å²) in [5, 5.41) is 8.13. The second-order valence-corrected chi connectivity index (χ2v) is 4.92. The Balaban J connectivity index is 1.72. The number of hydrogen-bond donors (Lipinski definition) is 0. The van der Waals surface area contributed by atoms with Crippen LogP contribution in [0.25, 0.3) is 5.69 Å². The molecule has 0 atom stereocenters. The normalized spacial score (nSPS) is 10.6. The standard InChI is InChI=1S/C15H13ClN4O2/c16-13-8-4-5-9-14(13)20-15(21)19(17-18-20)10-11-22-12-6-2-1-3-7-12/h1-9H,10-11H2. The number of hydrogen-bond acceptors (Lipinski definition) is 4. The van der Waals surface area contributed by atoms with E-state index in [4.69, 9.17) is 16.3 Å². The highest BCUT2D eigenvalue weighted by Gasteiger charge is 2.11. The minimum absolute atomic E-state index is 0.304. The second kappa shape index (κ2) is 6.44. The molecule has 1 aromatic heterocycles. The summed E-state index contributed by atoms with van der Waals surface area (Å²) < 4.78 is 7.95. The van der Waals surface area contributed by atoms with Crippen LogP contribution in [0.5, 0.6) is 5.75 Å². The molecule has 0 unspecified atom stereocenters. The van der Waals surface area contributed by atoms with Gasteiger partial charge in [0.1, 0.15) is 12.4 Å². The van der Waals surface area contributed by atoms with Crippen LogP contribution in [0.15, 0.2) is 59.4 Å². The third-order valence-corrected chi connectivity index (χ3v) is 3.35. The summed E-state index contributed by atoms with van der Waals surface area (Å²) in [5.74, 6) is 0.744. The average molecular weight is 317 g/mol. The number of ether oxygens (including phenoxy) is 1. The monoisotopic (exact) mass is 316 g/mol. The Morgan fingerprint density at radius 2 is 1.73 bits per heavy atom. The van der Waals surface area contributed by atoms with E-state index >= 15 is 0 Å². The molecule has 3 rings (SSSR count). The van der Waals surface area contributed by atoms with Crippen LogP contribution < -0.4 is 10.4 Å². The van der Waals surface area contributed by atoms with Crippen LogP contribution in [-0.2, 0) is 6.54 Å². The summed E-state index contributed by atoms with van der Waals surface area (Å²) in [5.41, 5.74) is 0.147. The van der Waals surface area contributed by atoms with Gasteiger partial charge in [0.2, 0.25) is 0 Å². The smallest absolute Gasteiger partial charge is 0.368 e. The van der Waals surface area contributed by atoms with Crippen LogP contribution in [0, 0.1) is 0 Å². The van der Waals surface area contributed by atoms with Crippen molar-refractivity contribution in [3.8, 4) is 11.4 Å². The fourth-order valence-corrected chi connectivity index (χ4v) is 2.17. The lowest BCUT2D eigenvalue weighted by molar-refractivity contribution is 0.287. The molecular formula is C15H13ClN4O2. The lowest BCUT2D eigenvalue weighted by atomic mass is 10.3. The molecule has 0 bridgehead atoms. The maximum absolute atomic E-state index is 12.3. The Labute approximate surface area is 131 Å². The highest BCUT2D eigenvalue weighted by molar-refractivity contribution is 6.32. The SMILES string of the molecule is O=c1n(CCOc2ccccc2)nnn1-c1ccccc1Cl. The molecule has 0 fully saturated rings. The highest BCUT2D eigenvalue weighted by Crippen LogP contribution is 2.16. The molecule has 0 N–H and O–H groups in total. The predicted molar refractivity (Wildman–Crippen MR) is 82.6 cm³/mol. The van der Waals surface area contributed by atoms with Crippen LogP contribution in [0.3, 0.4) is 0 Å². The van der Waals surface area contributed by atoms with E-state index in [1.165, 1.54) is 9.36 Å². The van der Waals surface area contributed by atoms with E-state index in [1.54, 1.807) is 24.3 Å². The molecule has 0 saturated carbocycles. The zero-order chi connectivity index (χ0) is 15.4. The zero-order valence-electron chi connectivity index (χ0n) is 11.6. The summed E-state index contributed by atoms with van der Waals surface area (Å²) >= 11 is 6.06. The van der Waals surface area contributed by atoms with Gasteiger partial charge >= 0.3 is 5.69 Å². The van der Waals surface area contributed by atoms with Gasteiger partial charge in [-0.1, -0.05) is 41.9 Å². The van der Waals surface area contributed by atoms with Crippen molar-refractivity contribution in [1.29, 1.82) is 0 Å². The van der Waals surface area contributed by atoms with Crippen molar-refractivity contribution >= 4 is 11.6 Å². The van der Waals surface area contributed by atoms with Crippen LogP contribution in [0.1, 0.15) is 0 Å². The van der Waals surface area contributed by atoms with E-state index in [-0.39, 0.29) is 5.69 Å². The van der Waals surface area contributed by atoms with Gasteiger partial charge in [-0.05, 0) is 34.7 Å². The third-order valence-electron chi connectivity index (χ3n) is 3.04. The topological polar surface area (TPSA) is 61.9 Å². The summed E-state index contributed by atoms with van der Waals surface area (Å²) in [6.07, 6.45) is 0. The van der Waals surface area contributed by atoms with E-state index in [2.05, 4.69) is 10.4 Å². The molecule has 2 aromatic carbocycles. The molecule has 22 heavy (non-hydrogen) atoms. The van der Waals surface area contributed by atoms with E-state index < -0.39 is 0 Å². The Kier molecular flexibility index (Phi) is 4.20. The molecule has 0 aliphatic rings. The molecule has 1 heterocycles. The minimum Gasteiger partial charge on any atom is -0.492 e. The van der Waals surface area contributed by atoms with Crippen LogP contribution >= 0.6 is 11.6 Å². The molecule has 0 aliphatic carbocycles. The summed E-state index contributed by atoms with van der Waals surface area (Å²) in [4.78, 5) is 12.3. The molecule has 0 saturated heterocycles. The molecule has 112 valence electrons. The van der Waals surface area contributed by atoms with Crippen molar-refractivity contribution in [2.45, 2.75) is 6.54 Å². The van der Waals surface area contributed by atoms with Crippen LogP contribution in [-0.4, -0.2) is 26.4 Å². The maximum atomic E-state index is 12.3. The van der Waals surface area contributed by atoms with Crippen molar-refractivity contribution in [3.05, 3.63) is 70.1 Å². The first-order chi connectivity index (χ1) is 10.8. The number of nitrogens with zero attached hydrogens (tertiary/aromatic N) is 4. The van der Waals surface area contributed by atoms with Gasteiger partial charge in [-0.3, -0.25) is 0 Å². The van der Waals surface area contributed by atoms with E-state index in [0.717, 1.165) is 5.75 Å². The van der Waals surface area contributed by atoms with Gasteiger partial charge in [-0.25, -0.2) is 4.79 Å². The van der Waals surface area contributed by atoms with Crippen molar-refractivity contribution in [2.24, 2.45) is 0 Å². The molecule has 3 aromatic rings. The fraction of sp³-hybridized carbons (Fsp3) is 0.133. The number of rotatable bonds is 5. The molecule has 0 radical (unpaired) electrons. The molecule has 6 nitrogen and oxygen atoms in total. The minimum atomic E-state index is -0.357. The lowest BCUT2D eigenvalue weighted by Gasteiger charge is -2.04. The third kappa shape index (κ3) is 3.01. The zero-order valence-corrected chi connectivity index (χ0v) is 12.3. The summed E-state index contributed by atoms with van der Waals surface area (Å²) in [7, 11) is 0. The maximum Gasteiger partial charge on any atom is 0.368 e. The second-order valence-electron chi connectivity index (χ2n) is 4.51. The van der Waals surface area contributed by atoms with E-state index in [9.17, 15) is 4.79 Å². The Morgan fingerprint density at radius 3 is 2.50 bits per heavy atom. The Bertz CT molecular complexity index is 814. The Morgan fingerprint density at radius 1 is 1.00 bits per heavy atom. The van der Waals surface area contributed by atoms with Crippen molar-refractivity contribution in [3.63, 3.8) is 0 Å². The van der Waals surface area contributed by atoms with Gasteiger partial charge in [0.05, 0.1) is 17.3 Å². The summed E-state index contributed by atoms with van der Waals surface area (Å²) in [6, 6.07) is 16.4. The lowest BCUT2D eigenvalue weighted by Crippen LogP contribution is -2.26. The first-order valence-corrected chi connectivity index (χ1v) is 7.09. The average Bonchev–Trinajstić information content (AvgIpc) is 2.90. The molecule has 0 amide bonds. The number of halogens is 1. The molecule has 0 spiro atoms. The number of tetrazole rings is 1. The van der Waals surface area contributed by atoms with Crippen molar-refractivity contribution in [1.82, 2.24) is 19.8 Å². The summed E-state index contributed by atoms with van der Waals surface area (Å²) in [6.45, 7) is 0.628. The quantitative estimate of drug-likeness (QED) is 0.723. The predicted octanol–water partition coefficient (Wildman–Crippen LogP) is 2.16. The van der Waals surface area contributed by atoms with Gasteiger partial charge in [-0.15, -0.1) is 0 Å². The van der Waals surface area contributed by atoms with Crippen LogP contribution in [0.4, 0.5) is 0 Å². The van der Waals surface area contributed by atoms with Gasteiger partial charge in [-0.2, -0.15) is 9.36 Å². The number of para-hydroxylation sites is 2. The van der Waals surface area contributed by atoms with Gasteiger partial charge < -0.3 is 4.74 Å². The van der Waals surface area contributed by atoms with Crippen LogP contribution in [0.2, 0.25) is 5.02 Å². The number of aromatic nitrogens is 4. The first kappa shape index (κ1) is 14.3. The van der Waals surface area contributed by atoms with Gasteiger partial charge in [0.25, 0.3) is 0 Å².